The van der Waals surface area contributed by atoms with E-state index in [9.17, 15) is 9.59 Å². The zero-order chi connectivity index (χ0) is 17.4. The van der Waals surface area contributed by atoms with Crippen LogP contribution in [-0.4, -0.2) is 23.3 Å². The first-order valence-corrected chi connectivity index (χ1v) is 7.97. The molecule has 2 amide bonds. The van der Waals surface area contributed by atoms with Gasteiger partial charge in [-0.2, -0.15) is 0 Å². The Bertz CT molecular complexity index is 665. The van der Waals surface area contributed by atoms with Crippen molar-refractivity contribution < 1.29 is 9.59 Å². The van der Waals surface area contributed by atoms with E-state index in [-0.39, 0.29) is 37.2 Å². The van der Waals surface area contributed by atoms with E-state index in [1.165, 1.54) is 0 Å². The molecule has 2 aromatic carbocycles. The second kappa shape index (κ2) is 10.5. The van der Waals surface area contributed by atoms with Crippen LogP contribution in [0, 0.1) is 0 Å². The summed E-state index contributed by atoms with van der Waals surface area (Å²) in [6, 6.07) is 18.8. The van der Waals surface area contributed by atoms with Gasteiger partial charge in [-0.15, -0.1) is 12.4 Å². The number of halogens is 1. The van der Waals surface area contributed by atoms with E-state index < -0.39 is 5.91 Å². The third-order valence-electron chi connectivity index (χ3n) is 3.82. The zero-order valence-corrected chi connectivity index (χ0v) is 14.8. The minimum Gasteiger partial charge on any atom is -0.370 e. The molecular weight excluding hydrogens is 338 g/mol. The standard InChI is InChI=1S/C19H23N3O2.ClH/c20-17(16-9-5-2-6-10-16)13-19(24)22(12-11-18(21)23)14-15-7-3-1-4-8-15;/h1-10,17H,11-14,20H2,(H2,21,23);1H. The van der Waals surface area contributed by atoms with Crippen LogP contribution in [0.2, 0.25) is 0 Å². The predicted octanol–water partition coefficient (Wildman–Crippen LogP) is 2.40. The smallest absolute Gasteiger partial charge is 0.224 e. The lowest BCUT2D eigenvalue weighted by atomic mass is 10.0. The molecule has 1 atom stereocenters. The second-order valence-corrected chi connectivity index (χ2v) is 5.74. The third kappa shape index (κ3) is 6.95. The van der Waals surface area contributed by atoms with Crippen LogP contribution in [0.25, 0.3) is 0 Å². The van der Waals surface area contributed by atoms with Gasteiger partial charge >= 0.3 is 0 Å². The average molecular weight is 362 g/mol. The highest BCUT2D eigenvalue weighted by atomic mass is 35.5. The predicted molar refractivity (Wildman–Crippen MR) is 101 cm³/mol. The molecule has 0 radical (unpaired) electrons. The maximum absolute atomic E-state index is 12.6. The fourth-order valence-electron chi connectivity index (χ4n) is 2.48. The summed E-state index contributed by atoms with van der Waals surface area (Å²) in [6.07, 6.45) is 0.328. The third-order valence-corrected chi connectivity index (χ3v) is 3.82. The lowest BCUT2D eigenvalue weighted by Gasteiger charge is -2.24. The van der Waals surface area contributed by atoms with Crippen molar-refractivity contribution in [3.8, 4) is 0 Å². The van der Waals surface area contributed by atoms with Crippen LogP contribution in [-0.2, 0) is 16.1 Å². The second-order valence-electron chi connectivity index (χ2n) is 5.74. The minimum atomic E-state index is -0.423. The number of primary amides is 1. The molecule has 2 aromatic rings. The van der Waals surface area contributed by atoms with Crippen LogP contribution in [0.5, 0.6) is 0 Å². The van der Waals surface area contributed by atoms with Crippen molar-refractivity contribution in [1.82, 2.24) is 4.90 Å². The van der Waals surface area contributed by atoms with Gasteiger partial charge in [-0.25, -0.2) is 0 Å². The van der Waals surface area contributed by atoms with Crippen LogP contribution in [0.4, 0.5) is 0 Å². The van der Waals surface area contributed by atoms with Crippen molar-refractivity contribution in [3.63, 3.8) is 0 Å². The van der Waals surface area contributed by atoms with Gasteiger partial charge in [0.05, 0.1) is 0 Å². The molecule has 0 aromatic heterocycles. The average Bonchev–Trinajstić information content (AvgIpc) is 2.60. The lowest BCUT2D eigenvalue weighted by molar-refractivity contribution is -0.132. The van der Waals surface area contributed by atoms with Crippen molar-refractivity contribution in [3.05, 3.63) is 71.8 Å². The molecule has 5 nitrogen and oxygen atoms in total. The largest absolute Gasteiger partial charge is 0.370 e. The zero-order valence-electron chi connectivity index (χ0n) is 14.0. The quantitative estimate of drug-likeness (QED) is 0.756. The molecule has 134 valence electrons. The molecule has 6 heteroatoms. The Balaban J connectivity index is 0.00000312. The molecule has 0 heterocycles. The van der Waals surface area contributed by atoms with Crippen LogP contribution in [0.3, 0.4) is 0 Å². The highest BCUT2D eigenvalue weighted by molar-refractivity contribution is 5.85. The van der Waals surface area contributed by atoms with Gasteiger partial charge in [-0.1, -0.05) is 60.7 Å². The summed E-state index contributed by atoms with van der Waals surface area (Å²) in [5, 5.41) is 0. The van der Waals surface area contributed by atoms with Gasteiger partial charge < -0.3 is 16.4 Å². The molecule has 1 unspecified atom stereocenters. The minimum absolute atomic E-state index is 0. The van der Waals surface area contributed by atoms with Crippen LogP contribution >= 0.6 is 12.4 Å². The Morgan fingerprint density at radius 3 is 2.08 bits per heavy atom. The number of carbonyl (C=O) groups excluding carboxylic acids is 2. The molecule has 25 heavy (non-hydrogen) atoms. The van der Waals surface area contributed by atoms with Crippen molar-refractivity contribution in [2.24, 2.45) is 11.5 Å². The number of rotatable bonds is 8. The molecule has 0 saturated carbocycles. The van der Waals surface area contributed by atoms with Crippen LogP contribution in [0.15, 0.2) is 60.7 Å². The van der Waals surface area contributed by atoms with Gasteiger partial charge in [0.25, 0.3) is 0 Å². The van der Waals surface area contributed by atoms with Gasteiger partial charge in [0.2, 0.25) is 11.8 Å². The van der Waals surface area contributed by atoms with Crippen molar-refractivity contribution in [2.75, 3.05) is 6.54 Å². The normalized spacial score (nSPS) is 11.2. The summed E-state index contributed by atoms with van der Waals surface area (Å²) in [5.74, 6) is -0.510. The molecule has 0 aliphatic carbocycles. The number of nitrogens with two attached hydrogens (primary N) is 2. The van der Waals surface area contributed by atoms with E-state index in [2.05, 4.69) is 0 Å². The molecule has 0 fully saturated rings. The van der Waals surface area contributed by atoms with E-state index in [0.29, 0.717) is 13.1 Å². The molecule has 0 bridgehead atoms. The molecule has 0 aliphatic rings. The van der Waals surface area contributed by atoms with Gasteiger partial charge in [0.15, 0.2) is 0 Å². The summed E-state index contributed by atoms with van der Waals surface area (Å²) in [4.78, 5) is 25.4. The lowest BCUT2D eigenvalue weighted by Crippen LogP contribution is -2.35. The van der Waals surface area contributed by atoms with Crippen molar-refractivity contribution >= 4 is 24.2 Å². The topological polar surface area (TPSA) is 89.4 Å². The summed E-state index contributed by atoms with van der Waals surface area (Å²) in [5.41, 5.74) is 13.3. The number of hydrogen-bond donors (Lipinski definition) is 2. The Kier molecular flexibility index (Phi) is 8.67. The van der Waals surface area contributed by atoms with Crippen molar-refractivity contribution in [1.29, 1.82) is 0 Å². The molecule has 2 rings (SSSR count). The van der Waals surface area contributed by atoms with Gasteiger partial charge in [-0.3, -0.25) is 9.59 Å². The molecular formula is C19H24ClN3O2. The van der Waals surface area contributed by atoms with Crippen molar-refractivity contribution in [2.45, 2.75) is 25.4 Å². The molecule has 0 spiro atoms. The Hall–Kier alpha value is -2.37. The Labute approximate surface area is 154 Å². The first kappa shape index (κ1) is 20.7. The molecule has 4 N–H and O–H groups in total. The maximum Gasteiger partial charge on any atom is 0.224 e. The number of hydrogen-bond acceptors (Lipinski definition) is 3. The fraction of sp³-hybridized carbons (Fsp3) is 0.263. The number of carbonyl (C=O) groups is 2. The van der Waals surface area contributed by atoms with Gasteiger partial charge in [0.1, 0.15) is 0 Å². The van der Waals surface area contributed by atoms with Gasteiger partial charge in [-0.05, 0) is 11.1 Å². The van der Waals surface area contributed by atoms with E-state index in [1.807, 2.05) is 60.7 Å². The summed E-state index contributed by atoms with van der Waals surface area (Å²) in [7, 11) is 0. The monoisotopic (exact) mass is 361 g/mol. The summed E-state index contributed by atoms with van der Waals surface area (Å²) >= 11 is 0. The van der Waals surface area contributed by atoms with E-state index in [0.717, 1.165) is 11.1 Å². The van der Waals surface area contributed by atoms with Crippen LogP contribution < -0.4 is 11.5 Å². The van der Waals surface area contributed by atoms with E-state index in [1.54, 1.807) is 4.90 Å². The highest BCUT2D eigenvalue weighted by Crippen LogP contribution is 2.16. The van der Waals surface area contributed by atoms with Gasteiger partial charge in [0, 0.05) is 32.0 Å². The Morgan fingerprint density at radius 1 is 0.960 bits per heavy atom. The maximum atomic E-state index is 12.6. The van der Waals surface area contributed by atoms with E-state index in [4.69, 9.17) is 11.5 Å². The summed E-state index contributed by atoms with van der Waals surface area (Å²) < 4.78 is 0. The first-order chi connectivity index (χ1) is 11.6. The number of benzene rings is 2. The number of nitrogens with zero attached hydrogens (tertiary/aromatic N) is 1. The highest BCUT2D eigenvalue weighted by Gasteiger charge is 2.18. The Morgan fingerprint density at radius 2 is 1.52 bits per heavy atom. The molecule has 0 aliphatic heterocycles. The van der Waals surface area contributed by atoms with Crippen LogP contribution in [0.1, 0.15) is 30.0 Å². The number of amides is 2. The SMILES string of the molecule is Cl.NC(=O)CCN(Cc1ccccc1)C(=O)CC(N)c1ccccc1. The molecule has 0 saturated heterocycles. The fourth-order valence-corrected chi connectivity index (χ4v) is 2.48. The first-order valence-electron chi connectivity index (χ1n) is 7.97. The summed E-state index contributed by atoms with van der Waals surface area (Å²) in [6.45, 7) is 0.735. The van der Waals surface area contributed by atoms with E-state index >= 15 is 0 Å².